The van der Waals surface area contributed by atoms with Crippen molar-refractivity contribution in [3.05, 3.63) is 12.2 Å². The van der Waals surface area contributed by atoms with Gasteiger partial charge < -0.3 is 5.21 Å². The van der Waals surface area contributed by atoms with Crippen LogP contribution in [0.4, 0.5) is 0 Å². The van der Waals surface area contributed by atoms with Gasteiger partial charge in [0.2, 0.25) is 0 Å². The molecular weight excluding hydrogens is 90.1 g/mol. The Kier molecular flexibility index (Phi) is 4.62. The molecule has 0 bridgehead atoms. The van der Waals surface area contributed by atoms with Crippen molar-refractivity contribution in [1.29, 1.82) is 0 Å². The first kappa shape index (κ1) is 6.21. The summed E-state index contributed by atoms with van der Waals surface area (Å²) in [4.78, 5) is 0. The summed E-state index contributed by atoms with van der Waals surface area (Å²) in [6.45, 7) is 1.92. The van der Waals surface area contributed by atoms with Crippen LogP contribution in [-0.4, -0.2) is 11.4 Å². The molecule has 0 saturated carbocycles. The summed E-state index contributed by atoms with van der Waals surface area (Å²) in [6.07, 6.45) is 5.95. The average molecular weight is 99.1 g/mol. The summed E-state index contributed by atoms with van der Waals surface area (Å²) in [6, 6.07) is 0. The van der Waals surface area contributed by atoms with E-state index >= 15 is 0 Å². The van der Waals surface area contributed by atoms with Crippen LogP contribution in [0, 0.1) is 0 Å². The van der Waals surface area contributed by atoms with E-state index in [9.17, 15) is 0 Å². The zero-order valence-electron chi connectivity index (χ0n) is 4.33. The quantitative estimate of drug-likeness (QED) is 0.241. The van der Waals surface area contributed by atoms with Crippen LogP contribution in [0.3, 0.4) is 0 Å². The molecular formula is C5H9NO. The summed E-state index contributed by atoms with van der Waals surface area (Å²) < 4.78 is 0. The van der Waals surface area contributed by atoms with Gasteiger partial charge >= 0.3 is 0 Å². The van der Waals surface area contributed by atoms with Crippen molar-refractivity contribution in [3.8, 4) is 0 Å². The maximum absolute atomic E-state index is 7.83. The molecule has 2 nitrogen and oxygen atoms in total. The summed E-state index contributed by atoms with van der Waals surface area (Å²) in [5, 5.41) is 10.6. The van der Waals surface area contributed by atoms with Gasteiger partial charge in [-0.05, 0) is 6.92 Å². The monoisotopic (exact) mass is 99.1 g/mol. The van der Waals surface area contributed by atoms with E-state index in [2.05, 4.69) is 5.16 Å². The molecule has 0 aromatic carbocycles. The highest BCUT2D eigenvalue weighted by Gasteiger charge is 1.64. The molecule has 0 spiro atoms. The Morgan fingerprint density at radius 1 is 1.71 bits per heavy atom. The molecule has 0 fully saturated rings. The van der Waals surface area contributed by atoms with Crippen molar-refractivity contribution < 1.29 is 5.21 Å². The Morgan fingerprint density at radius 3 is 2.86 bits per heavy atom. The molecule has 40 valence electrons. The number of allylic oxidation sites excluding steroid dienone is 2. The molecule has 0 aromatic rings. The van der Waals surface area contributed by atoms with Gasteiger partial charge in [-0.2, -0.15) is 0 Å². The first-order chi connectivity index (χ1) is 3.41. The molecule has 0 aliphatic rings. The van der Waals surface area contributed by atoms with Gasteiger partial charge in [0.15, 0.2) is 0 Å². The molecule has 0 aromatic heterocycles. The maximum atomic E-state index is 7.83. The van der Waals surface area contributed by atoms with Gasteiger partial charge in [-0.15, -0.1) is 5.16 Å². The van der Waals surface area contributed by atoms with Crippen LogP contribution in [0.25, 0.3) is 0 Å². The van der Waals surface area contributed by atoms with Crippen molar-refractivity contribution >= 4 is 6.21 Å². The van der Waals surface area contributed by atoms with Crippen LogP contribution in [0.15, 0.2) is 17.3 Å². The van der Waals surface area contributed by atoms with E-state index in [1.54, 1.807) is 0 Å². The van der Waals surface area contributed by atoms with Gasteiger partial charge in [0.1, 0.15) is 0 Å². The predicted molar refractivity (Wildman–Crippen MR) is 29.7 cm³/mol. The Bertz CT molecular complexity index is 66.1. The van der Waals surface area contributed by atoms with E-state index in [1.807, 2.05) is 19.1 Å². The van der Waals surface area contributed by atoms with Crippen molar-refractivity contribution in [2.45, 2.75) is 13.3 Å². The van der Waals surface area contributed by atoms with Gasteiger partial charge in [0.25, 0.3) is 0 Å². The molecule has 0 heterocycles. The first-order valence-electron chi connectivity index (χ1n) is 2.19. The van der Waals surface area contributed by atoms with Gasteiger partial charge in [-0.25, -0.2) is 0 Å². The minimum Gasteiger partial charge on any atom is -0.411 e. The first-order valence-corrected chi connectivity index (χ1v) is 2.19. The predicted octanol–water partition coefficient (Wildman–Crippen LogP) is 1.41. The molecule has 0 saturated heterocycles. The van der Waals surface area contributed by atoms with Crippen LogP contribution in [0.1, 0.15) is 13.3 Å². The van der Waals surface area contributed by atoms with E-state index in [0.29, 0.717) is 6.42 Å². The minimum absolute atomic E-state index is 0.715. The molecule has 0 aliphatic heterocycles. The molecule has 0 rings (SSSR count). The third-order valence-electron chi connectivity index (χ3n) is 0.559. The van der Waals surface area contributed by atoms with E-state index in [-0.39, 0.29) is 0 Å². The normalized spacial score (nSPS) is 11.6. The topological polar surface area (TPSA) is 32.6 Å². The SMILES string of the molecule is C/C=C/CC=NO. The van der Waals surface area contributed by atoms with Crippen LogP contribution in [0.2, 0.25) is 0 Å². The molecule has 0 radical (unpaired) electrons. The van der Waals surface area contributed by atoms with Gasteiger partial charge in [-0.3, -0.25) is 0 Å². The van der Waals surface area contributed by atoms with Crippen LogP contribution in [-0.2, 0) is 0 Å². The van der Waals surface area contributed by atoms with Gasteiger partial charge in [0.05, 0.1) is 0 Å². The Hall–Kier alpha value is -0.790. The zero-order valence-corrected chi connectivity index (χ0v) is 4.33. The zero-order chi connectivity index (χ0) is 5.54. The lowest BCUT2D eigenvalue weighted by atomic mass is 10.4. The van der Waals surface area contributed by atoms with Gasteiger partial charge in [0, 0.05) is 12.6 Å². The lowest BCUT2D eigenvalue weighted by Crippen LogP contribution is -1.65. The molecule has 0 unspecified atom stereocenters. The number of hydrogen-bond acceptors (Lipinski definition) is 2. The lowest BCUT2D eigenvalue weighted by molar-refractivity contribution is 0.321. The van der Waals surface area contributed by atoms with Crippen molar-refractivity contribution in [1.82, 2.24) is 0 Å². The Labute approximate surface area is 43.2 Å². The highest BCUT2D eigenvalue weighted by atomic mass is 16.4. The Balaban J connectivity index is 2.98. The Morgan fingerprint density at radius 2 is 2.43 bits per heavy atom. The molecule has 7 heavy (non-hydrogen) atoms. The second-order valence-corrected chi connectivity index (χ2v) is 1.10. The fourth-order valence-electron chi connectivity index (χ4n) is 0.244. The second kappa shape index (κ2) is 5.21. The number of nitrogens with zero attached hydrogens (tertiary/aromatic N) is 1. The fourth-order valence-corrected chi connectivity index (χ4v) is 0.244. The molecule has 0 amide bonds. The smallest absolute Gasteiger partial charge is 0.0473 e. The fraction of sp³-hybridized carbons (Fsp3) is 0.400. The maximum Gasteiger partial charge on any atom is 0.0473 e. The van der Waals surface area contributed by atoms with E-state index in [4.69, 9.17) is 5.21 Å². The minimum atomic E-state index is 0.715. The molecule has 1 N–H and O–H groups in total. The number of rotatable bonds is 2. The third-order valence-corrected chi connectivity index (χ3v) is 0.559. The molecule has 2 heteroatoms. The standard InChI is InChI=1S/C5H9NO/c1-2-3-4-5-6-7/h2-3,5,7H,4H2,1H3/b3-2+,6-5?. The third kappa shape index (κ3) is 5.21. The van der Waals surface area contributed by atoms with E-state index in [1.165, 1.54) is 6.21 Å². The van der Waals surface area contributed by atoms with E-state index in [0.717, 1.165) is 0 Å². The highest BCUT2D eigenvalue weighted by Crippen LogP contribution is 1.74. The molecule has 0 atom stereocenters. The lowest BCUT2D eigenvalue weighted by Gasteiger charge is -1.72. The van der Waals surface area contributed by atoms with Gasteiger partial charge in [-0.1, -0.05) is 12.2 Å². The van der Waals surface area contributed by atoms with Crippen molar-refractivity contribution in [2.75, 3.05) is 0 Å². The van der Waals surface area contributed by atoms with Crippen molar-refractivity contribution in [3.63, 3.8) is 0 Å². The van der Waals surface area contributed by atoms with Crippen molar-refractivity contribution in [2.24, 2.45) is 5.16 Å². The summed E-state index contributed by atoms with van der Waals surface area (Å²) >= 11 is 0. The molecule has 0 aliphatic carbocycles. The van der Waals surface area contributed by atoms with Crippen LogP contribution < -0.4 is 0 Å². The summed E-state index contributed by atoms with van der Waals surface area (Å²) in [7, 11) is 0. The van der Waals surface area contributed by atoms with Crippen LogP contribution in [0.5, 0.6) is 0 Å². The van der Waals surface area contributed by atoms with E-state index < -0.39 is 0 Å². The average Bonchev–Trinajstić information content (AvgIpc) is 1.69. The second-order valence-electron chi connectivity index (χ2n) is 1.10. The number of hydrogen-bond donors (Lipinski definition) is 1. The summed E-state index contributed by atoms with van der Waals surface area (Å²) in [5.41, 5.74) is 0. The summed E-state index contributed by atoms with van der Waals surface area (Å²) in [5.74, 6) is 0. The van der Waals surface area contributed by atoms with Crippen LogP contribution >= 0.6 is 0 Å². The largest absolute Gasteiger partial charge is 0.411 e. The highest BCUT2D eigenvalue weighted by molar-refractivity contribution is 5.58. The number of oxime groups is 1.